The molecule has 32 heavy (non-hydrogen) atoms. The first-order valence-electron chi connectivity index (χ1n) is 10.1. The molecule has 1 aliphatic heterocycles. The molecule has 10 heteroatoms. The molecule has 0 aromatic heterocycles. The molecule has 0 spiro atoms. The number of benzene rings is 2. The molecule has 0 radical (unpaired) electrons. The molecule has 0 unspecified atom stereocenters. The molecule has 1 heterocycles. The fourth-order valence-corrected chi connectivity index (χ4v) is 3.61. The molecule has 2 aromatic carbocycles. The van der Waals surface area contributed by atoms with Crippen LogP contribution in [-0.2, 0) is 16.0 Å². The number of alkyl halides is 3. The van der Waals surface area contributed by atoms with Crippen molar-refractivity contribution in [3.8, 4) is 5.75 Å². The first kappa shape index (κ1) is 23.9. The number of halogens is 4. The summed E-state index contributed by atoms with van der Waals surface area (Å²) >= 11 is 5.97. The first-order valence-corrected chi connectivity index (χ1v) is 10.5. The van der Waals surface area contributed by atoms with Crippen molar-refractivity contribution >= 4 is 29.1 Å². The lowest BCUT2D eigenvalue weighted by Crippen LogP contribution is -2.50. The number of anilines is 1. The van der Waals surface area contributed by atoms with Crippen LogP contribution in [0, 0.1) is 0 Å². The Morgan fingerprint density at radius 2 is 1.72 bits per heavy atom. The summed E-state index contributed by atoms with van der Waals surface area (Å²) in [4.78, 5) is 28.4. The van der Waals surface area contributed by atoms with Crippen LogP contribution in [0.3, 0.4) is 0 Å². The van der Waals surface area contributed by atoms with E-state index in [2.05, 4.69) is 10.1 Å². The van der Waals surface area contributed by atoms with Crippen LogP contribution in [0.1, 0.15) is 12.0 Å². The Labute approximate surface area is 188 Å². The van der Waals surface area contributed by atoms with Crippen LogP contribution in [0.15, 0.2) is 48.5 Å². The number of hydrogen-bond donors (Lipinski definition) is 1. The standard InChI is InChI=1S/C22H23ClF3N3O3/c23-17-3-1-2-16(14-17)4-9-21(31)29-12-10-28(11-13-29)15-20(30)27-18-5-7-19(8-6-18)32-22(24,25)26/h1-3,5-8,14H,4,9-13,15H2,(H,27,30). The Morgan fingerprint density at radius 3 is 2.34 bits per heavy atom. The number of nitrogens with one attached hydrogen (secondary N) is 1. The molecular weight excluding hydrogens is 447 g/mol. The molecule has 2 amide bonds. The number of aryl methyl sites for hydroxylation is 1. The number of carbonyl (C=O) groups is 2. The Morgan fingerprint density at radius 1 is 1.03 bits per heavy atom. The lowest BCUT2D eigenvalue weighted by molar-refractivity contribution is -0.274. The quantitative estimate of drug-likeness (QED) is 0.667. The Kier molecular flexibility index (Phi) is 7.98. The van der Waals surface area contributed by atoms with Crippen LogP contribution in [0.25, 0.3) is 0 Å². The predicted molar refractivity (Wildman–Crippen MR) is 115 cm³/mol. The smallest absolute Gasteiger partial charge is 0.406 e. The summed E-state index contributed by atoms with van der Waals surface area (Å²) in [5, 5.41) is 3.29. The third-order valence-corrected chi connectivity index (χ3v) is 5.22. The Bertz CT molecular complexity index is 930. The second-order valence-electron chi connectivity index (χ2n) is 7.41. The number of rotatable bonds is 7. The molecule has 1 aliphatic rings. The zero-order valence-electron chi connectivity index (χ0n) is 17.2. The third kappa shape index (κ3) is 7.72. The fraction of sp³-hybridized carbons (Fsp3) is 0.364. The zero-order valence-corrected chi connectivity index (χ0v) is 18.0. The topological polar surface area (TPSA) is 61.9 Å². The number of carbonyl (C=O) groups excluding carboxylic acids is 2. The average Bonchev–Trinajstić information content (AvgIpc) is 2.73. The van der Waals surface area contributed by atoms with Crippen molar-refractivity contribution in [1.82, 2.24) is 9.80 Å². The summed E-state index contributed by atoms with van der Waals surface area (Å²) in [5.41, 5.74) is 1.39. The van der Waals surface area contributed by atoms with Crippen LogP contribution < -0.4 is 10.1 Å². The highest BCUT2D eigenvalue weighted by atomic mass is 35.5. The minimum absolute atomic E-state index is 0.0650. The van der Waals surface area contributed by atoms with E-state index in [1.807, 2.05) is 23.1 Å². The van der Waals surface area contributed by atoms with E-state index in [4.69, 9.17) is 11.6 Å². The van der Waals surface area contributed by atoms with Gasteiger partial charge in [-0.05, 0) is 48.4 Å². The van der Waals surface area contributed by atoms with Gasteiger partial charge in [-0.2, -0.15) is 0 Å². The van der Waals surface area contributed by atoms with Gasteiger partial charge < -0.3 is 15.0 Å². The molecule has 6 nitrogen and oxygen atoms in total. The van der Waals surface area contributed by atoms with E-state index in [-0.39, 0.29) is 24.1 Å². The van der Waals surface area contributed by atoms with Gasteiger partial charge in [0.05, 0.1) is 6.54 Å². The molecule has 0 aliphatic carbocycles. The van der Waals surface area contributed by atoms with Gasteiger partial charge in [-0.15, -0.1) is 13.2 Å². The predicted octanol–water partition coefficient (Wildman–Crippen LogP) is 3.95. The molecule has 1 N–H and O–H groups in total. The van der Waals surface area contributed by atoms with Crippen molar-refractivity contribution in [2.45, 2.75) is 19.2 Å². The van der Waals surface area contributed by atoms with Gasteiger partial charge in [-0.1, -0.05) is 23.7 Å². The van der Waals surface area contributed by atoms with Crippen molar-refractivity contribution < 1.29 is 27.5 Å². The van der Waals surface area contributed by atoms with Crippen LogP contribution >= 0.6 is 11.6 Å². The van der Waals surface area contributed by atoms with Crippen LogP contribution in [0.5, 0.6) is 5.75 Å². The van der Waals surface area contributed by atoms with Crippen molar-refractivity contribution in [2.24, 2.45) is 0 Å². The normalized spacial score (nSPS) is 14.8. The summed E-state index contributed by atoms with van der Waals surface area (Å²) in [6, 6.07) is 12.4. The minimum atomic E-state index is -4.76. The maximum Gasteiger partial charge on any atom is 0.573 e. The minimum Gasteiger partial charge on any atom is -0.406 e. The summed E-state index contributed by atoms with van der Waals surface area (Å²) in [5.74, 6) is -0.572. The molecular formula is C22H23ClF3N3O3. The summed E-state index contributed by atoms with van der Waals surface area (Å²) in [6.07, 6.45) is -3.74. The van der Waals surface area contributed by atoms with E-state index in [1.165, 1.54) is 12.1 Å². The number of nitrogens with zero attached hydrogens (tertiary/aromatic N) is 2. The average molecular weight is 470 g/mol. The lowest BCUT2D eigenvalue weighted by atomic mass is 10.1. The molecule has 0 bridgehead atoms. The van der Waals surface area contributed by atoms with E-state index >= 15 is 0 Å². The van der Waals surface area contributed by atoms with Crippen molar-refractivity contribution in [1.29, 1.82) is 0 Å². The number of hydrogen-bond acceptors (Lipinski definition) is 4. The van der Waals surface area contributed by atoms with Crippen LogP contribution in [0.4, 0.5) is 18.9 Å². The van der Waals surface area contributed by atoms with Gasteiger partial charge in [0.2, 0.25) is 11.8 Å². The number of ether oxygens (including phenoxy) is 1. The van der Waals surface area contributed by atoms with Crippen molar-refractivity contribution in [2.75, 3.05) is 38.0 Å². The first-order chi connectivity index (χ1) is 15.2. The highest BCUT2D eigenvalue weighted by Gasteiger charge is 2.31. The Hall–Kier alpha value is -2.78. The van der Waals surface area contributed by atoms with E-state index in [1.54, 1.807) is 11.0 Å². The number of piperazine rings is 1. The summed E-state index contributed by atoms with van der Waals surface area (Å²) in [7, 11) is 0. The molecule has 1 fully saturated rings. The van der Waals surface area contributed by atoms with Gasteiger partial charge in [0.25, 0.3) is 0 Å². The van der Waals surface area contributed by atoms with Gasteiger partial charge in [-0.3, -0.25) is 14.5 Å². The second kappa shape index (κ2) is 10.7. The molecule has 3 rings (SSSR count). The van der Waals surface area contributed by atoms with Gasteiger partial charge in [0.1, 0.15) is 5.75 Å². The largest absolute Gasteiger partial charge is 0.573 e. The Balaban J connectivity index is 1.38. The second-order valence-corrected chi connectivity index (χ2v) is 7.84. The molecule has 172 valence electrons. The van der Waals surface area contributed by atoms with Gasteiger partial charge in [0.15, 0.2) is 0 Å². The maximum absolute atomic E-state index is 12.5. The zero-order chi connectivity index (χ0) is 23.1. The van der Waals surface area contributed by atoms with Crippen LogP contribution in [0.2, 0.25) is 5.02 Å². The van der Waals surface area contributed by atoms with E-state index in [9.17, 15) is 22.8 Å². The molecule has 0 atom stereocenters. The molecule has 0 saturated carbocycles. The van der Waals surface area contributed by atoms with Crippen molar-refractivity contribution in [3.05, 3.63) is 59.1 Å². The van der Waals surface area contributed by atoms with E-state index < -0.39 is 6.36 Å². The van der Waals surface area contributed by atoms with E-state index in [0.717, 1.165) is 17.7 Å². The highest BCUT2D eigenvalue weighted by Crippen LogP contribution is 2.24. The van der Waals surface area contributed by atoms with Crippen LogP contribution in [-0.4, -0.2) is 60.7 Å². The maximum atomic E-state index is 12.5. The van der Waals surface area contributed by atoms with Gasteiger partial charge in [-0.25, -0.2) is 0 Å². The SMILES string of the molecule is O=C(CN1CCN(C(=O)CCc2cccc(Cl)c2)CC1)Nc1ccc(OC(F)(F)F)cc1. The van der Waals surface area contributed by atoms with Crippen molar-refractivity contribution in [3.63, 3.8) is 0 Å². The number of amides is 2. The third-order valence-electron chi connectivity index (χ3n) is 4.98. The van der Waals surface area contributed by atoms with E-state index in [0.29, 0.717) is 49.7 Å². The summed E-state index contributed by atoms with van der Waals surface area (Å²) in [6.45, 7) is 2.32. The van der Waals surface area contributed by atoms with Gasteiger partial charge >= 0.3 is 6.36 Å². The lowest BCUT2D eigenvalue weighted by Gasteiger charge is -2.34. The van der Waals surface area contributed by atoms with Gasteiger partial charge in [0, 0.05) is 43.3 Å². The molecule has 2 aromatic rings. The fourth-order valence-electron chi connectivity index (χ4n) is 3.40. The monoisotopic (exact) mass is 469 g/mol. The molecule has 1 saturated heterocycles. The highest BCUT2D eigenvalue weighted by molar-refractivity contribution is 6.30. The summed E-state index contributed by atoms with van der Waals surface area (Å²) < 4.78 is 40.4.